The fraction of sp³-hybridized carbons (Fsp3) is 0.483. The van der Waals surface area contributed by atoms with Crippen molar-refractivity contribution in [3.8, 4) is 0 Å². The highest BCUT2D eigenvalue weighted by Crippen LogP contribution is 2.07. The highest BCUT2D eigenvalue weighted by molar-refractivity contribution is 5.73. The molecule has 3 N–H and O–H groups in total. The molecule has 1 aromatic rings. The Kier molecular flexibility index (Phi) is 17.9. The quantitative estimate of drug-likeness (QED) is 0.187. The largest absolute Gasteiger partial charge is 0.444 e. The summed E-state index contributed by atoms with van der Waals surface area (Å²) in [6, 6.07) is 10.2. The van der Waals surface area contributed by atoms with Crippen molar-refractivity contribution in [3.05, 3.63) is 72.9 Å². The Bertz CT molecular complexity index is 847. The molecule has 8 nitrogen and oxygen atoms in total. The summed E-state index contributed by atoms with van der Waals surface area (Å²) in [5.74, 6) is -0.0194. The van der Waals surface area contributed by atoms with Crippen LogP contribution in [0.1, 0.15) is 46.6 Å². The first-order valence-electron chi connectivity index (χ1n) is 12.7. The molecule has 0 heterocycles. The topological polar surface area (TPSA) is 99.8 Å². The van der Waals surface area contributed by atoms with E-state index in [1.807, 2.05) is 52.0 Å². The van der Waals surface area contributed by atoms with Crippen LogP contribution in [0.5, 0.6) is 0 Å². The number of amides is 3. The van der Waals surface area contributed by atoms with Gasteiger partial charge in [0.2, 0.25) is 12.3 Å². The average Bonchev–Trinajstić information content (AvgIpc) is 2.82. The maximum Gasteiger partial charge on any atom is 0.407 e. The van der Waals surface area contributed by atoms with Gasteiger partial charge in [-0.1, -0.05) is 61.7 Å². The van der Waals surface area contributed by atoms with Crippen LogP contribution < -0.4 is 16.0 Å². The molecule has 0 spiro atoms. The van der Waals surface area contributed by atoms with E-state index in [2.05, 4.69) is 41.2 Å². The molecule has 0 aromatic heterocycles. The highest BCUT2D eigenvalue weighted by atomic mass is 16.6. The molecule has 206 valence electrons. The van der Waals surface area contributed by atoms with Crippen molar-refractivity contribution in [1.82, 2.24) is 20.9 Å². The minimum absolute atomic E-state index is 0.0194. The van der Waals surface area contributed by atoms with Crippen LogP contribution in [0.4, 0.5) is 4.79 Å². The maximum atomic E-state index is 11.4. The molecule has 0 radical (unpaired) electrons. The number of hydrogen-bond donors (Lipinski definition) is 3. The lowest BCUT2D eigenvalue weighted by Gasteiger charge is -2.20. The number of benzene rings is 1. The van der Waals surface area contributed by atoms with Crippen molar-refractivity contribution in [2.45, 2.75) is 59.1 Å². The van der Waals surface area contributed by atoms with Crippen LogP contribution in [-0.4, -0.2) is 67.7 Å². The molecule has 3 amide bonds. The van der Waals surface area contributed by atoms with E-state index in [0.29, 0.717) is 26.2 Å². The summed E-state index contributed by atoms with van der Waals surface area (Å²) in [6.45, 7) is 19.5. The molecular weight excluding hydrogens is 468 g/mol. The fourth-order valence-electron chi connectivity index (χ4n) is 3.23. The molecule has 0 aliphatic rings. The van der Waals surface area contributed by atoms with Crippen LogP contribution in [0, 0.1) is 0 Å². The molecule has 0 unspecified atom stereocenters. The van der Waals surface area contributed by atoms with Crippen LogP contribution in [0.25, 0.3) is 0 Å². The summed E-state index contributed by atoms with van der Waals surface area (Å²) in [4.78, 5) is 35.1. The van der Waals surface area contributed by atoms with Crippen molar-refractivity contribution in [2.24, 2.45) is 0 Å². The van der Waals surface area contributed by atoms with Gasteiger partial charge in [0.15, 0.2) is 0 Å². The smallest absolute Gasteiger partial charge is 0.407 e. The first-order chi connectivity index (χ1) is 17.5. The van der Waals surface area contributed by atoms with E-state index in [-0.39, 0.29) is 23.6 Å². The van der Waals surface area contributed by atoms with Crippen LogP contribution in [0.2, 0.25) is 0 Å². The Labute approximate surface area is 223 Å². The van der Waals surface area contributed by atoms with E-state index in [1.165, 1.54) is 5.56 Å². The summed E-state index contributed by atoms with van der Waals surface area (Å²) in [6.07, 6.45) is 7.38. The SMILES string of the molecule is C=C/C=C(\C=C)CN(C=O)CCNCC[C@H](Cc1ccccc1)NC(C)=O.CCNC(=O)OC(C)(C)C. The number of alkyl carbamates (subject to hydrolysis) is 1. The van der Waals surface area contributed by atoms with Crippen molar-refractivity contribution in [2.75, 3.05) is 32.7 Å². The monoisotopic (exact) mass is 514 g/mol. The number of allylic oxidation sites excluding steroid dienone is 2. The molecule has 37 heavy (non-hydrogen) atoms. The predicted molar refractivity (Wildman–Crippen MR) is 151 cm³/mol. The molecule has 0 aliphatic carbocycles. The van der Waals surface area contributed by atoms with Gasteiger partial charge in [0.1, 0.15) is 5.60 Å². The van der Waals surface area contributed by atoms with Gasteiger partial charge in [0, 0.05) is 39.1 Å². The maximum absolute atomic E-state index is 11.4. The summed E-state index contributed by atoms with van der Waals surface area (Å²) in [7, 11) is 0. The molecule has 1 atom stereocenters. The standard InChI is InChI=1S/C22H31N3O2.C7H15NO2/c1-4-9-20(5-2)17-25(18-26)15-14-23-13-12-22(24-19(3)27)16-21-10-7-6-8-11-21;1-5-8-6(9)10-7(2,3)4/h4-11,18,22-23H,1-2,12-17H2,3H3,(H,24,27);5H2,1-4H3,(H,8,9)/b20-9+;/t22-;/m1./s1. The average molecular weight is 515 g/mol. The summed E-state index contributed by atoms with van der Waals surface area (Å²) < 4.78 is 4.93. The van der Waals surface area contributed by atoms with Crippen LogP contribution in [-0.2, 0) is 20.7 Å². The minimum atomic E-state index is -0.390. The van der Waals surface area contributed by atoms with Gasteiger partial charge < -0.3 is 25.6 Å². The zero-order chi connectivity index (χ0) is 28.1. The lowest BCUT2D eigenvalue weighted by Crippen LogP contribution is -2.38. The predicted octanol–water partition coefficient (Wildman–Crippen LogP) is 4.00. The number of ether oxygens (including phenoxy) is 1. The van der Waals surface area contributed by atoms with Crippen LogP contribution >= 0.6 is 0 Å². The molecular formula is C29H46N4O4. The number of rotatable bonds is 15. The third-order valence-corrected chi connectivity index (χ3v) is 4.83. The first kappa shape index (κ1) is 33.6. The van der Waals surface area contributed by atoms with Crippen LogP contribution in [0.15, 0.2) is 67.3 Å². The Hall–Kier alpha value is -3.39. The molecule has 0 saturated carbocycles. The lowest BCUT2D eigenvalue weighted by atomic mass is 10.0. The van der Waals surface area contributed by atoms with Crippen molar-refractivity contribution >= 4 is 18.4 Å². The zero-order valence-corrected chi connectivity index (χ0v) is 23.2. The number of nitrogens with one attached hydrogen (secondary N) is 3. The second kappa shape index (κ2) is 19.8. The Morgan fingerprint density at radius 3 is 2.32 bits per heavy atom. The van der Waals surface area contributed by atoms with E-state index in [9.17, 15) is 14.4 Å². The fourth-order valence-corrected chi connectivity index (χ4v) is 3.23. The lowest BCUT2D eigenvalue weighted by molar-refractivity contribution is -0.120. The molecule has 0 bridgehead atoms. The molecule has 0 fully saturated rings. The minimum Gasteiger partial charge on any atom is -0.444 e. The van der Waals surface area contributed by atoms with Gasteiger partial charge >= 0.3 is 6.09 Å². The van der Waals surface area contributed by atoms with Gasteiger partial charge in [-0.05, 0) is 58.2 Å². The molecule has 8 heteroatoms. The van der Waals surface area contributed by atoms with Gasteiger partial charge in [-0.2, -0.15) is 0 Å². The van der Waals surface area contributed by atoms with Gasteiger partial charge in [0.25, 0.3) is 0 Å². The first-order valence-corrected chi connectivity index (χ1v) is 12.7. The molecule has 0 aliphatic heterocycles. The highest BCUT2D eigenvalue weighted by Gasteiger charge is 2.14. The molecule has 0 saturated heterocycles. The normalized spacial score (nSPS) is 11.8. The van der Waals surface area contributed by atoms with E-state index in [4.69, 9.17) is 4.74 Å². The van der Waals surface area contributed by atoms with Crippen molar-refractivity contribution < 1.29 is 19.1 Å². The molecule has 1 aromatic carbocycles. The Morgan fingerprint density at radius 2 is 1.81 bits per heavy atom. The Morgan fingerprint density at radius 1 is 1.14 bits per heavy atom. The zero-order valence-electron chi connectivity index (χ0n) is 23.2. The van der Waals surface area contributed by atoms with Crippen molar-refractivity contribution in [3.63, 3.8) is 0 Å². The van der Waals surface area contributed by atoms with Gasteiger partial charge in [0.05, 0.1) is 0 Å². The van der Waals surface area contributed by atoms with E-state index in [0.717, 1.165) is 31.4 Å². The van der Waals surface area contributed by atoms with E-state index >= 15 is 0 Å². The summed E-state index contributed by atoms with van der Waals surface area (Å²) in [5, 5.41) is 8.90. The Balaban J connectivity index is 0.00000109. The second-order valence-electron chi connectivity index (χ2n) is 9.42. The van der Waals surface area contributed by atoms with Crippen LogP contribution in [0.3, 0.4) is 0 Å². The summed E-state index contributed by atoms with van der Waals surface area (Å²) >= 11 is 0. The van der Waals surface area contributed by atoms with Gasteiger partial charge in [-0.15, -0.1) is 0 Å². The number of carbonyl (C=O) groups excluding carboxylic acids is 3. The summed E-state index contributed by atoms with van der Waals surface area (Å²) in [5.41, 5.74) is 1.76. The van der Waals surface area contributed by atoms with E-state index in [1.54, 1.807) is 24.0 Å². The van der Waals surface area contributed by atoms with Crippen molar-refractivity contribution in [1.29, 1.82) is 0 Å². The van der Waals surface area contributed by atoms with E-state index < -0.39 is 0 Å². The number of hydrogen-bond acceptors (Lipinski definition) is 5. The third kappa shape index (κ3) is 19.5. The second-order valence-corrected chi connectivity index (χ2v) is 9.42. The third-order valence-electron chi connectivity index (χ3n) is 4.83. The van der Waals surface area contributed by atoms with Gasteiger partial charge in [-0.25, -0.2) is 4.79 Å². The number of nitrogens with zero attached hydrogens (tertiary/aromatic N) is 1. The number of carbonyl (C=O) groups is 3. The van der Waals surface area contributed by atoms with Gasteiger partial charge in [-0.3, -0.25) is 9.59 Å². The molecule has 1 rings (SSSR count).